The molecule has 4 nitrogen and oxygen atoms in total. The number of rotatable bonds is 4. The highest BCUT2D eigenvalue weighted by molar-refractivity contribution is 7.89. The van der Waals surface area contributed by atoms with Gasteiger partial charge in [-0.15, -0.1) is 0 Å². The van der Waals surface area contributed by atoms with Crippen LogP contribution in [0.1, 0.15) is 11.1 Å². The summed E-state index contributed by atoms with van der Waals surface area (Å²) in [6.07, 6.45) is 1.20. The molecule has 0 aromatic heterocycles. The van der Waals surface area contributed by atoms with Gasteiger partial charge in [-0.1, -0.05) is 60.7 Å². The molecule has 2 aromatic carbocycles. The summed E-state index contributed by atoms with van der Waals surface area (Å²) in [7, 11) is -2.21. The fourth-order valence-electron chi connectivity index (χ4n) is 2.93. The van der Waals surface area contributed by atoms with Crippen molar-refractivity contribution in [2.75, 3.05) is 13.7 Å². The molecule has 1 atom stereocenters. The molecule has 0 radical (unpaired) electrons. The maximum Gasteiger partial charge on any atom is 0.245 e. The summed E-state index contributed by atoms with van der Waals surface area (Å²) >= 11 is 0. The third-order valence-corrected chi connectivity index (χ3v) is 6.07. The molecule has 5 heteroatoms. The summed E-state index contributed by atoms with van der Waals surface area (Å²) in [5, 5.41) is 0. The van der Waals surface area contributed by atoms with Gasteiger partial charge in [0.15, 0.2) is 0 Å². The zero-order chi connectivity index (χ0) is 18.0. The van der Waals surface area contributed by atoms with E-state index in [-0.39, 0.29) is 11.4 Å². The van der Waals surface area contributed by atoms with E-state index < -0.39 is 16.3 Å². The van der Waals surface area contributed by atoms with Crippen molar-refractivity contribution in [2.24, 2.45) is 0 Å². The Labute approximate surface area is 149 Å². The maximum absolute atomic E-state index is 13.2. The van der Waals surface area contributed by atoms with Crippen LogP contribution in [0.25, 0.3) is 5.57 Å². The number of ether oxygens (including phenoxy) is 1. The zero-order valence-electron chi connectivity index (χ0n) is 14.3. The van der Waals surface area contributed by atoms with Crippen LogP contribution in [0.15, 0.2) is 77.7 Å². The van der Waals surface area contributed by atoms with Crippen molar-refractivity contribution in [3.8, 4) is 0 Å². The van der Waals surface area contributed by atoms with E-state index in [0.29, 0.717) is 5.57 Å². The molecule has 0 bridgehead atoms. The molecule has 0 N–H and O–H groups in total. The van der Waals surface area contributed by atoms with E-state index in [1.807, 2.05) is 43.3 Å². The first-order valence-corrected chi connectivity index (χ1v) is 9.43. The van der Waals surface area contributed by atoms with E-state index in [1.165, 1.54) is 11.4 Å². The van der Waals surface area contributed by atoms with Gasteiger partial charge in [-0.25, -0.2) is 8.42 Å². The average Bonchev–Trinajstić information content (AvgIpc) is 2.62. The van der Waals surface area contributed by atoms with Gasteiger partial charge in [0.25, 0.3) is 0 Å². The predicted octanol–water partition coefficient (Wildman–Crippen LogP) is 3.61. The molecular weight excluding hydrogens is 334 g/mol. The number of hydrogen-bond acceptors (Lipinski definition) is 3. The number of nitrogens with zero attached hydrogens (tertiary/aromatic N) is 1. The van der Waals surface area contributed by atoms with Crippen molar-refractivity contribution in [3.63, 3.8) is 0 Å². The van der Waals surface area contributed by atoms with Crippen molar-refractivity contribution in [3.05, 3.63) is 84.0 Å². The fourth-order valence-corrected chi connectivity index (χ4v) is 4.46. The van der Waals surface area contributed by atoms with Crippen molar-refractivity contribution in [1.29, 1.82) is 0 Å². The first-order valence-electron chi connectivity index (χ1n) is 7.99. The van der Waals surface area contributed by atoms with Gasteiger partial charge < -0.3 is 4.74 Å². The van der Waals surface area contributed by atoms with Crippen LogP contribution in [0.5, 0.6) is 0 Å². The SMILES string of the molecule is C=C1C=C(c2ccccc2)CN(S(=O)(=O)c2ccc(C)cc2)C1OC. The lowest BCUT2D eigenvalue weighted by atomic mass is 10.00. The van der Waals surface area contributed by atoms with Crippen LogP contribution in [0.4, 0.5) is 0 Å². The smallest absolute Gasteiger partial charge is 0.245 e. The summed E-state index contributed by atoms with van der Waals surface area (Å²) < 4.78 is 33.1. The Morgan fingerprint density at radius 1 is 1.08 bits per heavy atom. The van der Waals surface area contributed by atoms with Crippen LogP contribution in [0, 0.1) is 6.92 Å². The van der Waals surface area contributed by atoms with E-state index >= 15 is 0 Å². The van der Waals surface area contributed by atoms with Crippen LogP contribution in [-0.2, 0) is 14.8 Å². The largest absolute Gasteiger partial charge is 0.361 e. The van der Waals surface area contributed by atoms with E-state index in [1.54, 1.807) is 24.3 Å². The molecule has 1 aliphatic rings. The van der Waals surface area contributed by atoms with E-state index in [9.17, 15) is 8.42 Å². The third-order valence-electron chi connectivity index (χ3n) is 4.26. The van der Waals surface area contributed by atoms with Gasteiger partial charge in [-0.3, -0.25) is 0 Å². The summed E-state index contributed by atoms with van der Waals surface area (Å²) in [6, 6.07) is 16.6. The van der Waals surface area contributed by atoms with Crippen molar-refractivity contribution in [1.82, 2.24) is 4.31 Å². The minimum absolute atomic E-state index is 0.234. The Balaban J connectivity index is 2.03. The summed E-state index contributed by atoms with van der Waals surface area (Å²) in [4.78, 5) is 0.252. The molecule has 1 unspecified atom stereocenters. The van der Waals surface area contributed by atoms with Crippen molar-refractivity contribution < 1.29 is 13.2 Å². The lowest BCUT2D eigenvalue weighted by Gasteiger charge is -2.34. The Morgan fingerprint density at radius 3 is 2.32 bits per heavy atom. The fraction of sp³-hybridized carbons (Fsp3) is 0.200. The minimum atomic E-state index is -3.71. The van der Waals surface area contributed by atoms with Crippen LogP contribution in [0.2, 0.25) is 0 Å². The third kappa shape index (κ3) is 3.44. The number of methoxy groups -OCH3 is 1. The molecule has 130 valence electrons. The number of benzene rings is 2. The molecular formula is C20H21NO3S. The normalized spacial score (nSPS) is 18.9. The Morgan fingerprint density at radius 2 is 1.72 bits per heavy atom. The monoisotopic (exact) mass is 355 g/mol. The standard InChI is InChI=1S/C20H21NO3S/c1-15-9-11-19(12-10-15)25(22,23)21-14-18(13-16(2)20(21)24-3)17-7-5-4-6-8-17/h4-13,20H,2,14H2,1,3H3. The Hall–Kier alpha value is -2.21. The molecule has 3 rings (SSSR count). The Bertz CT molecular complexity index is 900. The molecule has 0 spiro atoms. The predicted molar refractivity (Wildman–Crippen MR) is 99.4 cm³/mol. The maximum atomic E-state index is 13.2. The van der Waals surface area contributed by atoms with Crippen LogP contribution in [0.3, 0.4) is 0 Å². The van der Waals surface area contributed by atoms with E-state index in [2.05, 4.69) is 6.58 Å². The van der Waals surface area contributed by atoms with Crippen molar-refractivity contribution >= 4 is 15.6 Å². The van der Waals surface area contributed by atoms with Gasteiger partial charge in [0.1, 0.15) is 6.23 Å². The molecule has 25 heavy (non-hydrogen) atoms. The highest BCUT2D eigenvalue weighted by atomic mass is 32.2. The van der Waals surface area contributed by atoms with E-state index in [0.717, 1.165) is 16.7 Å². The molecule has 0 saturated carbocycles. The van der Waals surface area contributed by atoms with Crippen LogP contribution < -0.4 is 0 Å². The van der Waals surface area contributed by atoms with Gasteiger partial charge in [0.05, 0.1) is 4.90 Å². The van der Waals surface area contributed by atoms with Crippen molar-refractivity contribution in [2.45, 2.75) is 18.0 Å². The minimum Gasteiger partial charge on any atom is -0.361 e. The van der Waals surface area contributed by atoms with Gasteiger partial charge >= 0.3 is 0 Å². The second-order valence-electron chi connectivity index (χ2n) is 6.06. The topological polar surface area (TPSA) is 46.6 Å². The first-order chi connectivity index (χ1) is 11.9. The molecule has 0 amide bonds. The molecule has 2 aromatic rings. The van der Waals surface area contributed by atoms with E-state index in [4.69, 9.17) is 4.74 Å². The number of sulfonamides is 1. The van der Waals surface area contributed by atoms with Crippen LogP contribution in [-0.4, -0.2) is 32.6 Å². The molecule has 0 fully saturated rings. The molecule has 0 saturated heterocycles. The second-order valence-corrected chi connectivity index (χ2v) is 7.95. The van der Waals surface area contributed by atoms with Gasteiger partial charge in [-0.05, 0) is 35.8 Å². The zero-order valence-corrected chi connectivity index (χ0v) is 15.2. The van der Waals surface area contributed by atoms with Gasteiger partial charge in [0, 0.05) is 13.7 Å². The number of hydrogen-bond donors (Lipinski definition) is 0. The lowest BCUT2D eigenvalue weighted by molar-refractivity contribution is 0.0505. The first kappa shape index (κ1) is 17.6. The molecule has 0 aliphatic carbocycles. The van der Waals surface area contributed by atoms with Gasteiger partial charge in [0.2, 0.25) is 10.0 Å². The second kappa shape index (κ2) is 6.96. The average molecular weight is 355 g/mol. The summed E-state index contributed by atoms with van der Waals surface area (Å²) in [6.45, 7) is 6.16. The van der Waals surface area contributed by atoms with Crippen LogP contribution >= 0.6 is 0 Å². The number of aryl methyl sites for hydroxylation is 1. The van der Waals surface area contributed by atoms with Gasteiger partial charge in [-0.2, -0.15) is 4.31 Å². The lowest BCUT2D eigenvalue weighted by Crippen LogP contribution is -2.45. The summed E-state index contributed by atoms with van der Waals surface area (Å²) in [5.41, 5.74) is 3.50. The molecule has 1 heterocycles. The highest BCUT2D eigenvalue weighted by Crippen LogP contribution is 2.31. The Kier molecular flexibility index (Phi) is 4.90. The molecule has 1 aliphatic heterocycles. The highest BCUT2D eigenvalue weighted by Gasteiger charge is 2.36. The summed E-state index contributed by atoms with van der Waals surface area (Å²) in [5.74, 6) is 0. The quantitative estimate of drug-likeness (QED) is 0.842.